The number of hydrogen-bond acceptors (Lipinski definition) is 2. The van der Waals surface area contributed by atoms with Crippen LogP contribution in [0.1, 0.15) is 17.5 Å². The molecule has 0 fully saturated rings. The maximum Gasteiger partial charge on any atom is 0.225 e. The van der Waals surface area contributed by atoms with Crippen LogP contribution in [-0.2, 0) is 4.79 Å². The quantitative estimate of drug-likeness (QED) is 0.820. The third-order valence-electron chi connectivity index (χ3n) is 3.22. The average Bonchev–Trinajstić information content (AvgIpc) is 2.45. The van der Waals surface area contributed by atoms with E-state index < -0.39 is 5.82 Å². The molecule has 110 valence electrons. The third-order valence-corrected chi connectivity index (χ3v) is 4.22. The summed E-state index contributed by atoms with van der Waals surface area (Å²) in [6, 6.07) is 12.4. The van der Waals surface area contributed by atoms with Gasteiger partial charge in [0.25, 0.3) is 0 Å². The lowest BCUT2D eigenvalue weighted by Gasteiger charge is -2.07. The lowest BCUT2D eigenvalue weighted by Crippen LogP contribution is -2.13. The molecule has 0 atom stereocenters. The average molecular weight is 303 g/mol. The van der Waals surface area contributed by atoms with Crippen LogP contribution in [0.25, 0.3) is 0 Å². The first-order valence-electron chi connectivity index (χ1n) is 6.80. The highest BCUT2D eigenvalue weighted by Crippen LogP contribution is 2.22. The van der Waals surface area contributed by atoms with Gasteiger partial charge in [0, 0.05) is 17.1 Å². The molecule has 0 bridgehead atoms. The first-order valence-corrected chi connectivity index (χ1v) is 7.79. The Morgan fingerprint density at radius 2 is 1.90 bits per heavy atom. The molecule has 0 aliphatic heterocycles. The zero-order chi connectivity index (χ0) is 15.2. The first-order chi connectivity index (χ1) is 10.1. The van der Waals surface area contributed by atoms with Crippen LogP contribution in [0.2, 0.25) is 0 Å². The van der Waals surface area contributed by atoms with E-state index in [-0.39, 0.29) is 11.6 Å². The molecular formula is C17H18FNOS. The van der Waals surface area contributed by atoms with Gasteiger partial charge in [-0.1, -0.05) is 18.2 Å². The second-order valence-corrected chi connectivity index (χ2v) is 6.04. The summed E-state index contributed by atoms with van der Waals surface area (Å²) in [4.78, 5) is 12.9. The number of carbonyl (C=O) groups is 1. The summed E-state index contributed by atoms with van der Waals surface area (Å²) in [6.07, 6.45) is 0.353. The largest absolute Gasteiger partial charge is 0.324 e. The zero-order valence-corrected chi connectivity index (χ0v) is 13.0. The fraction of sp³-hybridized carbons (Fsp3) is 0.235. The van der Waals surface area contributed by atoms with Gasteiger partial charge in [0.15, 0.2) is 0 Å². The minimum absolute atomic E-state index is 0.170. The lowest BCUT2D eigenvalue weighted by molar-refractivity contribution is -0.115. The smallest absolute Gasteiger partial charge is 0.225 e. The molecule has 0 spiro atoms. The molecule has 0 heterocycles. The van der Waals surface area contributed by atoms with Crippen molar-refractivity contribution in [2.75, 3.05) is 11.1 Å². The van der Waals surface area contributed by atoms with Gasteiger partial charge < -0.3 is 5.32 Å². The van der Waals surface area contributed by atoms with Crippen LogP contribution in [0.3, 0.4) is 0 Å². The minimum Gasteiger partial charge on any atom is -0.324 e. The minimum atomic E-state index is -0.410. The van der Waals surface area contributed by atoms with Crippen molar-refractivity contribution in [3.8, 4) is 0 Å². The Hall–Kier alpha value is -1.81. The third kappa shape index (κ3) is 4.60. The Kier molecular flexibility index (Phi) is 5.39. The highest BCUT2D eigenvalue weighted by Gasteiger charge is 2.06. The van der Waals surface area contributed by atoms with E-state index in [2.05, 4.69) is 37.4 Å². The van der Waals surface area contributed by atoms with Crippen molar-refractivity contribution in [2.24, 2.45) is 0 Å². The standard InChI is InChI=1S/C17H18FNOS/c1-12-7-8-14(11-13(12)2)21-10-9-17(20)19-16-6-4-3-5-15(16)18/h3-8,11H,9-10H2,1-2H3,(H,19,20). The summed E-state index contributed by atoms with van der Waals surface area (Å²) >= 11 is 1.63. The molecular weight excluding hydrogens is 285 g/mol. The van der Waals surface area contributed by atoms with Crippen molar-refractivity contribution < 1.29 is 9.18 Å². The van der Waals surface area contributed by atoms with Gasteiger partial charge >= 0.3 is 0 Å². The molecule has 4 heteroatoms. The molecule has 0 aromatic heterocycles. The molecule has 0 unspecified atom stereocenters. The second-order valence-electron chi connectivity index (χ2n) is 4.87. The number of halogens is 1. The molecule has 0 aliphatic carbocycles. The summed E-state index contributed by atoms with van der Waals surface area (Å²) < 4.78 is 13.4. The van der Waals surface area contributed by atoms with Crippen LogP contribution in [0.5, 0.6) is 0 Å². The highest BCUT2D eigenvalue weighted by molar-refractivity contribution is 7.99. The van der Waals surface area contributed by atoms with Gasteiger partial charge in [-0.2, -0.15) is 0 Å². The van der Waals surface area contributed by atoms with Crippen molar-refractivity contribution in [2.45, 2.75) is 25.2 Å². The van der Waals surface area contributed by atoms with E-state index in [1.54, 1.807) is 30.0 Å². The molecule has 1 amide bonds. The Morgan fingerprint density at radius 1 is 1.14 bits per heavy atom. The van der Waals surface area contributed by atoms with Crippen LogP contribution in [0.4, 0.5) is 10.1 Å². The number of para-hydroxylation sites is 1. The van der Waals surface area contributed by atoms with E-state index in [9.17, 15) is 9.18 Å². The number of anilines is 1. The van der Waals surface area contributed by atoms with Gasteiger partial charge in [-0.3, -0.25) is 4.79 Å². The van der Waals surface area contributed by atoms with Crippen LogP contribution in [0.15, 0.2) is 47.4 Å². The summed E-state index contributed by atoms with van der Waals surface area (Å²) in [6.45, 7) is 4.15. The number of carbonyl (C=O) groups excluding carboxylic acids is 1. The first kappa shape index (κ1) is 15.6. The molecule has 0 radical (unpaired) electrons. The van der Waals surface area contributed by atoms with Crippen LogP contribution in [-0.4, -0.2) is 11.7 Å². The Balaban J connectivity index is 1.82. The van der Waals surface area contributed by atoms with Gasteiger partial charge in [-0.05, 0) is 49.2 Å². The van der Waals surface area contributed by atoms with Crippen molar-refractivity contribution in [3.63, 3.8) is 0 Å². The number of benzene rings is 2. The fourth-order valence-electron chi connectivity index (χ4n) is 1.84. The second kappa shape index (κ2) is 7.27. The van der Waals surface area contributed by atoms with Gasteiger partial charge in [-0.25, -0.2) is 4.39 Å². The lowest BCUT2D eigenvalue weighted by atomic mass is 10.1. The maximum atomic E-state index is 13.4. The van der Waals surface area contributed by atoms with Crippen molar-refractivity contribution in [3.05, 3.63) is 59.4 Å². The Labute approximate surface area is 128 Å². The maximum absolute atomic E-state index is 13.4. The normalized spacial score (nSPS) is 10.4. The van der Waals surface area contributed by atoms with Gasteiger partial charge in [0.2, 0.25) is 5.91 Å². The molecule has 21 heavy (non-hydrogen) atoms. The van der Waals surface area contributed by atoms with Crippen LogP contribution >= 0.6 is 11.8 Å². The molecule has 2 aromatic rings. The number of rotatable bonds is 5. The number of aryl methyl sites for hydroxylation is 2. The predicted octanol–water partition coefficient (Wildman–Crippen LogP) is 4.56. The molecule has 1 N–H and O–H groups in total. The molecule has 2 aromatic carbocycles. The zero-order valence-electron chi connectivity index (χ0n) is 12.2. The monoisotopic (exact) mass is 303 g/mol. The van der Waals surface area contributed by atoms with E-state index in [0.29, 0.717) is 12.2 Å². The van der Waals surface area contributed by atoms with E-state index in [0.717, 1.165) is 4.90 Å². The molecule has 2 rings (SSSR count). The fourth-order valence-corrected chi connectivity index (χ4v) is 2.79. The van der Waals surface area contributed by atoms with Crippen LogP contribution in [0, 0.1) is 19.7 Å². The number of nitrogens with one attached hydrogen (secondary N) is 1. The van der Waals surface area contributed by atoms with E-state index in [4.69, 9.17) is 0 Å². The summed E-state index contributed by atoms with van der Waals surface area (Å²) in [7, 11) is 0. The van der Waals surface area contributed by atoms with Gasteiger partial charge in [0.05, 0.1) is 5.69 Å². The SMILES string of the molecule is Cc1ccc(SCCC(=O)Nc2ccccc2F)cc1C. The Morgan fingerprint density at radius 3 is 2.62 bits per heavy atom. The summed E-state index contributed by atoms with van der Waals surface area (Å²) in [5, 5.41) is 2.59. The molecule has 0 aliphatic rings. The van der Waals surface area contributed by atoms with E-state index in [1.807, 2.05) is 0 Å². The van der Waals surface area contributed by atoms with Crippen LogP contribution < -0.4 is 5.32 Å². The topological polar surface area (TPSA) is 29.1 Å². The summed E-state index contributed by atoms with van der Waals surface area (Å²) in [5.74, 6) is 0.0899. The van der Waals surface area contributed by atoms with Crippen molar-refractivity contribution in [1.29, 1.82) is 0 Å². The number of thioether (sulfide) groups is 1. The number of hydrogen-bond donors (Lipinski definition) is 1. The van der Waals surface area contributed by atoms with E-state index >= 15 is 0 Å². The summed E-state index contributed by atoms with van der Waals surface area (Å²) in [5.41, 5.74) is 2.74. The van der Waals surface area contributed by atoms with Crippen molar-refractivity contribution in [1.82, 2.24) is 0 Å². The molecule has 2 nitrogen and oxygen atoms in total. The predicted molar refractivity (Wildman–Crippen MR) is 86.3 cm³/mol. The molecule has 0 saturated heterocycles. The van der Waals surface area contributed by atoms with Crippen molar-refractivity contribution >= 4 is 23.4 Å². The van der Waals surface area contributed by atoms with Gasteiger partial charge in [0.1, 0.15) is 5.82 Å². The van der Waals surface area contributed by atoms with E-state index in [1.165, 1.54) is 17.2 Å². The Bertz CT molecular complexity index is 642. The number of amides is 1. The molecule has 0 saturated carbocycles. The highest BCUT2D eigenvalue weighted by atomic mass is 32.2. The van der Waals surface area contributed by atoms with Gasteiger partial charge in [-0.15, -0.1) is 11.8 Å².